The van der Waals surface area contributed by atoms with E-state index in [0.29, 0.717) is 12.2 Å². The molecule has 0 aromatic carbocycles. The van der Waals surface area contributed by atoms with Crippen LogP contribution in [0, 0.1) is 0 Å². The number of rotatable bonds is 5. The van der Waals surface area contributed by atoms with E-state index in [2.05, 4.69) is 25.2 Å². The van der Waals surface area contributed by atoms with Crippen LogP contribution < -0.4 is 27.6 Å². The molecule has 0 unspecified atom stereocenters. The van der Waals surface area contributed by atoms with Crippen molar-refractivity contribution in [3.63, 3.8) is 0 Å². The molecule has 1 aliphatic rings. The van der Waals surface area contributed by atoms with Gasteiger partial charge in [-0.05, 0) is 36.2 Å². The van der Waals surface area contributed by atoms with E-state index in [0.717, 1.165) is 30.9 Å². The van der Waals surface area contributed by atoms with E-state index in [1.165, 1.54) is 7.05 Å². The molecular formula is C11H20N8O2. The molecule has 0 aliphatic carbocycles. The van der Waals surface area contributed by atoms with Crippen LogP contribution in [0.1, 0.15) is 12.8 Å². The Morgan fingerprint density at radius 1 is 1.43 bits per heavy atom. The van der Waals surface area contributed by atoms with Gasteiger partial charge >= 0.3 is 0 Å². The number of aromatic nitrogens is 2. The number of likely N-dealkylation sites (tertiary alicyclic amines) is 1. The van der Waals surface area contributed by atoms with E-state index in [9.17, 15) is 4.79 Å². The Balaban J connectivity index is 2.30. The third kappa shape index (κ3) is 3.23. The topological polar surface area (TPSA) is 153 Å². The molecule has 1 fully saturated rings. The summed E-state index contributed by atoms with van der Waals surface area (Å²) in [4.78, 5) is 13.9. The van der Waals surface area contributed by atoms with Gasteiger partial charge in [0, 0.05) is 13.6 Å². The highest BCUT2D eigenvalue weighted by Gasteiger charge is 2.24. The number of hydrogen-bond donors (Lipinski definition) is 4. The van der Waals surface area contributed by atoms with Crippen LogP contribution in [0.4, 0.5) is 11.6 Å². The summed E-state index contributed by atoms with van der Waals surface area (Å²) in [6, 6.07) is 0. The van der Waals surface area contributed by atoms with Gasteiger partial charge in [-0.3, -0.25) is 14.7 Å². The predicted octanol–water partition coefficient (Wildman–Crippen LogP) is -1.66. The predicted molar refractivity (Wildman–Crippen MR) is 76.3 cm³/mol. The Labute approximate surface area is 121 Å². The van der Waals surface area contributed by atoms with Crippen molar-refractivity contribution in [1.82, 2.24) is 20.5 Å². The first kappa shape index (κ1) is 15.1. The number of amides is 1. The van der Waals surface area contributed by atoms with Gasteiger partial charge in [0.2, 0.25) is 11.6 Å². The van der Waals surface area contributed by atoms with Crippen LogP contribution in [0.25, 0.3) is 0 Å². The van der Waals surface area contributed by atoms with Gasteiger partial charge in [0.25, 0.3) is 5.91 Å². The monoisotopic (exact) mass is 296 g/mol. The Kier molecular flexibility index (Phi) is 4.60. The molecule has 0 atom stereocenters. The molecule has 2 heterocycles. The second-order valence-corrected chi connectivity index (χ2v) is 4.77. The molecule has 1 aliphatic heterocycles. The zero-order chi connectivity index (χ0) is 15.4. The number of anilines is 2. The second kappa shape index (κ2) is 6.41. The van der Waals surface area contributed by atoms with Crippen LogP contribution in [0.2, 0.25) is 0 Å². The minimum atomic E-state index is -0.422. The molecule has 10 nitrogen and oxygen atoms in total. The SMILES string of the molecule is CNC(=O)/C(N)=C(\CN1CCCC1)N(N)c1nonc1N. The molecule has 2 rings (SSSR count). The number of nitrogens with two attached hydrogens (primary N) is 3. The molecule has 10 heteroatoms. The fraction of sp³-hybridized carbons (Fsp3) is 0.545. The minimum absolute atomic E-state index is 0.00861. The summed E-state index contributed by atoms with van der Waals surface area (Å²) < 4.78 is 4.53. The van der Waals surface area contributed by atoms with E-state index in [-0.39, 0.29) is 17.3 Å². The van der Waals surface area contributed by atoms with Crippen molar-refractivity contribution in [3.05, 3.63) is 11.4 Å². The first-order valence-electron chi connectivity index (χ1n) is 6.60. The summed E-state index contributed by atoms with van der Waals surface area (Å²) in [7, 11) is 1.50. The molecule has 0 saturated carbocycles. The Hall–Kier alpha value is -2.33. The summed E-state index contributed by atoms with van der Waals surface area (Å²) in [5.74, 6) is 5.73. The lowest BCUT2D eigenvalue weighted by Gasteiger charge is -2.25. The summed E-state index contributed by atoms with van der Waals surface area (Å²) in [5.41, 5.74) is 11.9. The summed E-state index contributed by atoms with van der Waals surface area (Å²) >= 11 is 0. The smallest absolute Gasteiger partial charge is 0.268 e. The van der Waals surface area contributed by atoms with Crippen molar-refractivity contribution in [3.8, 4) is 0 Å². The van der Waals surface area contributed by atoms with Gasteiger partial charge in [-0.1, -0.05) is 0 Å². The molecule has 0 spiro atoms. The number of nitrogens with zero attached hydrogens (tertiary/aromatic N) is 4. The number of nitrogen functional groups attached to an aromatic ring is 1. The average Bonchev–Trinajstić information content (AvgIpc) is 3.13. The highest BCUT2D eigenvalue weighted by Crippen LogP contribution is 2.21. The second-order valence-electron chi connectivity index (χ2n) is 4.77. The Morgan fingerprint density at radius 3 is 2.62 bits per heavy atom. The van der Waals surface area contributed by atoms with E-state index in [4.69, 9.17) is 17.3 Å². The molecule has 1 saturated heterocycles. The van der Waals surface area contributed by atoms with E-state index < -0.39 is 5.91 Å². The Morgan fingerprint density at radius 2 is 2.10 bits per heavy atom. The zero-order valence-electron chi connectivity index (χ0n) is 11.9. The maximum atomic E-state index is 11.8. The van der Waals surface area contributed by atoms with E-state index in [1.807, 2.05) is 0 Å². The zero-order valence-corrected chi connectivity index (χ0v) is 11.9. The lowest BCUT2D eigenvalue weighted by atomic mass is 10.2. The van der Waals surface area contributed by atoms with Crippen LogP contribution in [0.5, 0.6) is 0 Å². The summed E-state index contributed by atoms with van der Waals surface area (Å²) in [6.07, 6.45) is 2.21. The molecule has 21 heavy (non-hydrogen) atoms. The number of hydrogen-bond acceptors (Lipinski definition) is 9. The fourth-order valence-corrected chi connectivity index (χ4v) is 2.20. The number of carbonyl (C=O) groups excluding carboxylic acids is 1. The fourth-order valence-electron chi connectivity index (χ4n) is 2.20. The minimum Gasteiger partial charge on any atom is -0.393 e. The van der Waals surface area contributed by atoms with Crippen LogP contribution >= 0.6 is 0 Å². The van der Waals surface area contributed by atoms with Crippen molar-refractivity contribution in [1.29, 1.82) is 0 Å². The number of nitrogens with one attached hydrogen (secondary N) is 1. The van der Waals surface area contributed by atoms with Crippen molar-refractivity contribution in [2.75, 3.05) is 37.4 Å². The van der Waals surface area contributed by atoms with Gasteiger partial charge in [-0.2, -0.15) is 0 Å². The van der Waals surface area contributed by atoms with Crippen LogP contribution in [0.3, 0.4) is 0 Å². The maximum Gasteiger partial charge on any atom is 0.268 e. The van der Waals surface area contributed by atoms with Crippen LogP contribution in [0.15, 0.2) is 16.0 Å². The average molecular weight is 296 g/mol. The number of carbonyl (C=O) groups is 1. The van der Waals surface area contributed by atoms with Gasteiger partial charge in [-0.15, -0.1) is 0 Å². The summed E-state index contributed by atoms with van der Waals surface area (Å²) in [5, 5.41) is 10.7. The van der Waals surface area contributed by atoms with E-state index in [1.54, 1.807) is 0 Å². The first-order chi connectivity index (χ1) is 10.0. The van der Waals surface area contributed by atoms with Crippen molar-refractivity contribution >= 4 is 17.5 Å². The van der Waals surface area contributed by atoms with Crippen molar-refractivity contribution in [2.24, 2.45) is 11.6 Å². The quantitative estimate of drug-likeness (QED) is 0.284. The van der Waals surface area contributed by atoms with Gasteiger partial charge in [-0.25, -0.2) is 10.5 Å². The third-order valence-corrected chi connectivity index (χ3v) is 3.37. The number of likely N-dealkylation sites (N-methyl/N-ethyl adjacent to an activating group) is 1. The summed E-state index contributed by atoms with van der Waals surface area (Å²) in [6.45, 7) is 2.26. The molecule has 1 amide bonds. The molecule has 1 aromatic rings. The highest BCUT2D eigenvalue weighted by atomic mass is 16.6. The molecule has 1 aromatic heterocycles. The molecule has 0 bridgehead atoms. The molecule has 0 radical (unpaired) electrons. The van der Waals surface area contributed by atoms with E-state index >= 15 is 0 Å². The lowest BCUT2D eigenvalue weighted by molar-refractivity contribution is -0.117. The van der Waals surface area contributed by atoms with Crippen molar-refractivity contribution in [2.45, 2.75) is 12.8 Å². The molecule has 116 valence electrons. The standard InChI is InChI=1S/C11H20N8O2/c1-15-11(20)8(12)7(6-18-4-2-3-5-18)19(14)10-9(13)16-21-17-10/h2-6,12,14H2,1H3,(H2,13,16)(H,15,20)/b8-7-. The molecular weight excluding hydrogens is 276 g/mol. The Bertz CT molecular complexity index is 534. The van der Waals surface area contributed by atoms with Gasteiger partial charge in [0.1, 0.15) is 5.70 Å². The number of hydrazine groups is 1. The maximum absolute atomic E-state index is 11.8. The largest absolute Gasteiger partial charge is 0.393 e. The normalized spacial score (nSPS) is 16.7. The third-order valence-electron chi connectivity index (χ3n) is 3.37. The highest BCUT2D eigenvalue weighted by molar-refractivity contribution is 5.93. The molecule has 7 N–H and O–H groups in total. The van der Waals surface area contributed by atoms with Gasteiger partial charge in [0.05, 0.1) is 5.70 Å². The van der Waals surface area contributed by atoms with Crippen molar-refractivity contribution < 1.29 is 9.42 Å². The first-order valence-corrected chi connectivity index (χ1v) is 6.60. The van der Waals surface area contributed by atoms with Crippen LogP contribution in [-0.2, 0) is 4.79 Å². The lowest BCUT2D eigenvalue weighted by Crippen LogP contribution is -2.41. The van der Waals surface area contributed by atoms with Gasteiger partial charge < -0.3 is 16.8 Å². The van der Waals surface area contributed by atoms with Crippen LogP contribution in [-0.4, -0.2) is 47.8 Å². The van der Waals surface area contributed by atoms with Gasteiger partial charge in [0.15, 0.2) is 0 Å².